The Labute approximate surface area is 393 Å². The first kappa shape index (κ1) is 39.9. The van der Waals surface area contributed by atoms with E-state index in [0.29, 0.717) is 11.1 Å². The number of hydrogen-bond donors (Lipinski definition) is 0. The largest absolute Gasteiger partial charge is 0.310 e. The van der Waals surface area contributed by atoms with Crippen LogP contribution in [0, 0.1) is 22.7 Å². The number of hydrogen-bond acceptors (Lipinski definition) is 4. The highest BCUT2D eigenvalue weighted by Crippen LogP contribution is 2.42. The molecular weight excluding hydrogens is 829 g/mol. The summed E-state index contributed by atoms with van der Waals surface area (Å²) in [7, 11) is 0. The monoisotopic (exact) mass is 868 g/mol. The summed E-state index contributed by atoms with van der Waals surface area (Å²) < 4.78 is 4.56. The molecule has 0 saturated heterocycles. The predicted molar refractivity (Wildman–Crippen MR) is 279 cm³/mol. The van der Waals surface area contributed by atoms with Crippen molar-refractivity contribution in [2.24, 2.45) is 0 Å². The van der Waals surface area contributed by atoms with Gasteiger partial charge in [-0.2, -0.15) is 10.5 Å². The Morgan fingerprint density at radius 1 is 0.279 bits per heavy atom. The van der Waals surface area contributed by atoms with Gasteiger partial charge in [-0.1, -0.05) is 97.1 Å². The summed E-state index contributed by atoms with van der Waals surface area (Å²) in [5, 5.41) is 23.6. The number of benzene rings is 10. The van der Waals surface area contributed by atoms with E-state index in [-0.39, 0.29) is 0 Å². The van der Waals surface area contributed by atoms with Crippen LogP contribution in [0.4, 0.5) is 34.1 Å². The Morgan fingerprint density at radius 2 is 0.603 bits per heavy atom. The van der Waals surface area contributed by atoms with Gasteiger partial charge in [0.05, 0.1) is 45.3 Å². The Kier molecular flexibility index (Phi) is 9.83. The Bertz CT molecular complexity index is 3630. The van der Waals surface area contributed by atoms with Crippen molar-refractivity contribution in [3.8, 4) is 34.6 Å². The van der Waals surface area contributed by atoms with Crippen LogP contribution < -0.4 is 9.80 Å². The van der Waals surface area contributed by atoms with Crippen molar-refractivity contribution in [2.45, 2.75) is 0 Å². The molecule has 0 amide bonds. The van der Waals surface area contributed by atoms with Crippen LogP contribution in [0.3, 0.4) is 0 Å². The van der Waals surface area contributed by atoms with Crippen molar-refractivity contribution in [3.63, 3.8) is 0 Å². The third-order valence-electron chi connectivity index (χ3n) is 13.0. The summed E-state index contributed by atoms with van der Waals surface area (Å²) in [4.78, 5) is 4.63. The normalized spacial score (nSPS) is 11.2. The molecule has 6 nitrogen and oxygen atoms in total. The molecule has 0 aliphatic carbocycles. The molecule has 318 valence electrons. The average Bonchev–Trinajstić information content (AvgIpc) is 3.92. The van der Waals surface area contributed by atoms with Crippen LogP contribution in [0.15, 0.2) is 243 Å². The highest BCUT2D eigenvalue weighted by Gasteiger charge is 2.20. The van der Waals surface area contributed by atoms with Gasteiger partial charge in [0.15, 0.2) is 0 Å². The van der Waals surface area contributed by atoms with Crippen molar-refractivity contribution in [3.05, 3.63) is 254 Å². The van der Waals surface area contributed by atoms with Crippen LogP contribution in [0.25, 0.3) is 66.1 Å². The molecule has 2 aromatic heterocycles. The lowest BCUT2D eigenvalue weighted by molar-refractivity contribution is 1.18. The first-order valence-corrected chi connectivity index (χ1v) is 22.6. The minimum absolute atomic E-state index is 0.640. The number of para-hydroxylation sites is 4. The fourth-order valence-electron chi connectivity index (χ4n) is 9.78. The smallest absolute Gasteiger partial charge is 0.0991 e. The van der Waals surface area contributed by atoms with Gasteiger partial charge in [-0.15, -0.1) is 0 Å². The molecule has 0 aliphatic rings. The number of rotatable bonds is 9. The van der Waals surface area contributed by atoms with Crippen molar-refractivity contribution >= 4 is 77.7 Å². The van der Waals surface area contributed by atoms with E-state index in [0.717, 1.165) is 89.5 Å². The molecule has 0 spiro atoms. The zero-order valence-corrected chi connectivity index (χ0v) is 36.8. The molecule has 12 rings (SSSR count). The minimum Gasteiger partial charge on any atom is -0.310 e. The van der Waals surface area contributed by atoms with Gasteiger partial charge in [0.25, 0.3) is 0 Å². The standard InChI is InChI=1S/C62H40N6/c63-41-43-19-27-51(28-20-43)67-59-17-9-7-15-55(59)57-39-53(35-37-61(57)67)65(47-11-3-1-4-12-47)49-31-23-45(24-32-49)46-25-33-50(34-26-46)66(48-13-5-2-6-14-48)54-36-38-62-58(40-54)56-16-8-10-18-60(56)68(62)52-29-21-44(42-64)22-30-52/h1-40H. The van der Waals surface area contributed by atoms with Gasteiger partial charge in [-0.25, -0.2) is 0 Å². The van der Waals surface area contributed by atoms with Crippen molar-refractivity contribution in [1.82, 2.24) is 9.13 Å². The van der Waals surface area contributed by atoms with E-state index in [1.165, 1.54) is 10.8 Å². The molecule has 0 saturated carbocycles. The molecular formula is C62H40N6. The quantitative estimate of drug-likeness (QED) is 0.145. The number of nitriles is 2. The van der Waals surface area contributed by atoms with E-state index in [4.69, 9.17) is 0 Å². The molecule has 0 bridgehead atoms. The van der Waals surface area contributed by atoms with E-state index in [9.17, 15) is 10.5 Å². The van der Waals surface area contributed by atoms with Crippen LogP contribution in [0.2, 0.25) is 0 Å². The molecule has 12 aromatic rings. The van der Waals surface area contributed by atoms with Gasteiger partial charge in [-0.3, -0.25) is 0 Å². The number of nitrogens with zero attached hydrogens (tertiary/aromatic N) is 6. The van der Waals surface area contributed by atoms with Gasteiger partial charge in [0.2, 0.25) is 0 Å². The summed E-state index contributed by atoms with van der Waals surface area (Å²) in [5.74, 6) is 0. The van der Waals surface area contributed by atoms with E-state index < -0.39 is 0 Å². The number of anilines is 6. The molecule has 0 radical (unpaired) electrons. The number of fused-ring (bicyclic) bond motifs is 6. The van der Waals surface area contributed by atoms with Crippen LogP contribution in [0.5, 0.6) is 0 Å². The van der Waals surface area contributed by atoms with Crippen LogP contribution in [-0.4, -0.2) is 9.13 Å². The third-order valence-corrected chi connectivity index (χ3v) is 13.0. The van der Waals surface area contributed by atoms with E-state index in [1.54, 1.807) is 0 Å². The Morgan fingerprint density at radius 3 is 0.985 bits per heavy atom. The zero-order chi connectivity index (χ0) is 45.6. The summed E-state index contributed by atoms with van der Waals surface area (Å²) in [5.41, 5.74) is 16.3. The molecule has 0 atom stereocenters. The molecule has 0 unspecified atom stereocenters. The molecule has 0 aliphatic heterocycles. The maximum absolute atomic E-state index is 9.46. The fraction of sp³-hybridized carbons (Fsp3) is 0. The van der Waals surface area contributed by atoms with Crippen molar-refractivity contribution < 1.29 is 0 Å². The van der Waals surface area contributed by atoms with Gasteiger partial charge < -0.3 is 18.9 Å². The summed E-state index contributed by atoms with van der Waals surface area (Å²) in [6, 6.07) is 89.2. The second kappa shape index (κ2) is 16.7. The van der Waals surface area contributed by atoms with Gasteiger partial charge >= 0.3 is 0 Å². The SMILES string of the molecule is N#Cc1ccc(-n2c3ccccc3c3cc(N(c4ccccc4)c4ccc(-c5ccc(N(c6ccccc6)c6ccc7c(c6)c6ccccc6n7-c6ccc(C#N)cc6)cc5)cc4)ccc32)cc1. The van der Waals surface area contributed by atoms with Crippen LogP contribution in [0.1, 0.15) is 11.1 Å². The second-order valence-corrected chi connectivity index (χ2v) is 16.9. The summed E-state index contributed by atoms with van der Waals surface area (Å²) in [6.07, 6.45) is 0. The third kappa shape index (κ3) is 6.89. The van der Waals surface area contributed by atoms with Crippen LogP contribution >= 0.6 is 0 Å². The predicted octanol–water partition coefficient (Wildman–Crippen LogP) is 16.2. The summed E-state index contributed by atoms with van der Waals surface area (Å²) in [6.45, 7) is 0. The number of aromatic nitrogens is 2. The van der Waals surface area contributed by atoms with E-state index >= 15 is 0 Å². The minimum atomic E-state index is 0.640. The molecule has 2 heterocycles. The molecule has 6 heteroatoms. The highest BCUT2D eigenvalue weighted by atomic mass is 15.1. The Balaban J connectivity index is 0.894. The maximum atomic E-state index is 9.46. The van der Waals surface area contributed by atoms with Gasteiger partial charge in [0, 0.05) is 67.0 Å². The first-order valence-electron chi connectivity index (χ1n) is 22.6. The zero-order valence-electron chi connectivity index (χ0n) is 36.8. The molecule has 0 fully saturated rings. The van der Waals surface area contributed by atoms with Crippen LogP contribution in [-0.2, 0) is 0 Å². The molecule has 10 aromatic carbocycles. The van der Waals surface area contributed by atoms with E-state index in [2.05, 4.69) is 225 Å². The maximum Gasteiger partial charge on any atom is 0.0991 e. The molecule has 68 heavy (non-hydrogen) atoms. The average molecular weight is 869 g/mol. The van der Waals surface area contributed by atoms with Crippen molar-refractivity contribution in [1.29, 1.82) is 10.5 Å². The van der Waals surface area contributed by atoms with E-state index in [1.807, 2.05) is 48.5 Å². The highest BCUT2D eigenvalue weighted by molar-refractivity contribution is 6.12. The van der Waals surface area contributed by atoms with Gasteiger partial charge in [0.1, 0.15) is 0 Å². The lowest BCUT2D eigenvalue weighted by atomic mass is 10.0. The van der Waals surface area contributed by atoms with Gasteiger partial charge in [-0.05, 0) is 157 Å². The Hall–Kier alpha value is -9.62. The summed E-state index contributed by atoms with van der Waals surface area (Å²) >= 11 is 0. The topological polar surface area (TPSA) is 63.9 Å². The fourth-order valence-corrected chi connectivity index (χ4v) is 9.78. The second-order valence-electron chi connectivity index (χ2n) is 16.9. The lowest BCUT2D eigenvalue weighted by Crippen LogP contribution is -2.10. The lowest BCUT2D eigenvalue weighted by Gasteiger charge is -2.26. The molecule has 0 N–H and O–H groups in total. The first-order chi connectivity index (χ1) is 33.6. The van der Waals surface area contributed by atoms with Crippen molar-refractivity contribution in [2.75, 3.05) is 9.80 Å².